The highest BCUT2D eigenvalue weighted by molar-refractivity contribution is 5.96. The summed E-state index contributed by atoms with van der Waals surface area (Å²) < 4.78 is 0. The molecule has 4 heteroatoms. The Kier molecular flexibility index (Phi) is 5.22. The van der Waals surface area contributed by atoms with Crippen LogP contribution in [0.5, 0.6) is 0 Å². The van der Waals surface area contributed by atoms with E-state index >= 15 is 0 Å². The van der Waals surface area contributed by atoms with Crippen LogP contribution in [0.4, 0.5) is 5.69 Å². The molecule has 4 nitrogen and oxygen atoms in total. The van der Waals surface area contributed by atoms with E-state index in [0.717, 1.165) is 18.8 Å². The van der Waals surface area contributed by atoms with Gasteiger partial charge in [0, 0.05) is 30.3 Å². The molecule has 2 unspecified atom stereocenters. The summed E-state index contributed by atoms with van der Waals surface area (Å²) in [7, 11) is 0. The standard InChI is InChI=1S/C18H26N2O2/c1-12(2)17(21)19-16-7-5-15(6-8-16)18(22)20-10-13(3)9-14(4)11-20/h5-8,12-14H,9-11H2,1-4H3,(H,19,21). The van der Waals surface area contributed by atoms with Crippen LogP contribution in [0.15, 0.2) is 24.3 Å². The van der Waals surface area contributed by atoms with Gasteiger partial charge in [0.2, 0.25) is 5.91 Å². The lowest BCUT2D eigenvalue weighted by Gasteiger charge is -2.35. The summed E-state index contributed by atoms with van der Waals surface area (Å²) in [5, 5.41) is 2.84. The van der Waals surface area contributed by atoms with Crippen LogP contribution in [-0.4, -0.2) is 29.8 Å². The van der Waals surface area contributed by atoms with Crippen LogP contribution in [0, 0.1) is 17.8 Å². The topological polar surface area (TPSA) is 49.4 Å². The maximum Gasteiger partial charge on any atom is 0.253 e. The third-order valence-electron chi connectivity index (χ3n) is 4.08. The SMILES string of the molecule is CC1CC(C)CN(C(=O)c2ccc(NC(=O)C(C)C)cc2)C1. The average Bonchev–Trinajstić information content (AvgIpc) is 2.46. The number of nitrogens with one attached hydrogen (secondary N) is 1. The lowest BCUT2D eigenvalue weighted by Crippen LogP contribution is -2.42. The first kappa shape index (κ1) is 16.5. The number of rotatable bonds is 3. The van der Waals surface area contributed by atoms with Gasteiger partial charge in [-0.2, -0.15) is 0 Å². The monoisotopic (exact) mass is 302 g/mol. The molecule has 1 N–H and O–H groups in total. The van der Waals surface area contributed by atoms with Crippen molar-refractivity contribution in [2.75, 3.05) is 18.4 Å². The Hall–Kier alpha value is -1.84. The van der Waals surface area contributed by atoms with Crippen molar-refractivity contribution in [3.8, 4) is 0 Å². The third kappa shape index (κ3) is 4.09. The molecule has 0 aromatic heterocycles. The Balaban J connectivity index is 2.03. The first-order valence-electron chi connectivity index (χ1n) is 8.07. The van der Waals surface area contributed by atoms with Crippen LogP contribution in [0.25, 0.3) is 0 Å². The molecule has 0 bridgehead atoms. The van der Waals surface area contributed by atoms with Crippen molar-refractivity contribution < 1.29 is 9.59 Å². The molecule has 0 spiro atoms. The van der Waals surface area contributed by atoms with Crippen molar-refractivity contribution in [1.29, 1.82) is 0 Å². The lowest BCUT2D eigenvalue weighted by atomic mass is 9.91. The van der Waals surface area contributed by atoms with E-state index in [1.807, 2.05) is 18.7 Å². The van der Waals surface area contributed by atoms with Crippen molar-refractivity contribution in [1.82, 2.24) is 4.90 Å². The zero-order chi connectivity index (χ0) is 16.3. The van der Waals surface area contributed by atoms with E-state index in [9.17, 15) is 9.59 Å². The van der Waals surface area contributed by atoms with Gasteiger partial charge in [-0.25, -0.2) is 0 Å². The molecule has 0 saturated carbocycles. The second kappa shape index (κ2) is 6.95. The number of piperidine rings is 1. The minimum absolute atomic E-state index is 0.0160. The van der Waals surface area contributed by atoms with Crippen molar-refractivity contribution in [3.63, 3.8) is 0 Å². The lowest BCUT2D eigenvalue weighted by molar-refractivity contribution is -0.118. The van der Waals surface area contributed by atoms with Crippen LogP contribution in [0.1, 0.15) is 44.5 Å². The predicted molar refractivity (Wildman–Crippen MR) is 88.8 cm³/mol. The van der Waals surface area contributed by atoms with Crippen LogP contribution in [0.3, 0.4) is 0 Å². The number of nitrogens with zero attached hydrogens (tertiary/aromatic N) is 1. The fourth-order valence-corrected chi connectivity index (χ4v) is 2.99. The molecule has 2 rings (SSSR count). The third-order valence-corrected chi connectivity index (χ3v) is 4.08. The normalized spacial score (nSPS) is 21.8. The minimum Gasteiger partial charge on any atom is -0.338 e. The van der Waals surface area contributed by atoms with Crippen LogP contribution in [-0.2, 0) is 4.79 Å². The van der Waals surface area contributed by atoms with E-state index in [1.54, 1.807) is 24.3 Å². The molecule has 1 aliphatic rings. The second-order valence-electron chi connectivity index (χ2n) is 6.88. The van der Waals surface area contributed by atoms with E-state index in [1.165, 1.54) is 6.42 Å². The summed E-state index contributed by atoms with van der Waals surface area (Å²) in [4.78, 5) is 26.2. The quantitative estimate of drug-likeness (QED) is 0.930. The summed E-state index contributed by atoms with van der Waals surface area (Å²) in [5.74, 6) is 1.12. The molecule has 2 amide bonds. The van der Waals surface area contributed by atoms with Gasteiger partial charge < -0.3 is 10.2 Å². The van der Waals surface area contributed by atoms with Crippen molar-refractivity contribution in [2.45, 2.75) is 34.1 Å². The predicted octanol–water partition coefficient (Wildman–Crippen LogP) is 3.40. The van der Waals surface area contributed by atoms with Gasteiger partial charge in [0.15, 0.2) is 0 Å². The Bertz CT molecular complexity index is 527. The van der Waals surface area contributed by atoms with Gasteiger partial charge in [0.1, 0.15) is 0 Å². The molecule has 1 saturated heterocycles. The number of hydrogen-bond acceptors (Lipinski definition) is 2. The average molecular weight is 302 g/mol. The summed E-state index contributed by atoms with van der Waals surface area (Å²) >= 11 is 0. The number of carbonyl (C=O) groups excluding carboxylic acids is 2. The Morgan fingerprint density at radius 1 is 1.09 bits per heavy atom. The maximum atomic E-state index is 12.6. The molecule has 0 aliphatic carbocycles. The number of amides is 2. The van der Waals surface area contributed by atoms with Crippen molar-refractivity contribution in [2.24, 2.45) is 17.8 Å². The van der Waals surface area contributed by atoms with Gasteiger partial charge in [-0.1, -0.05) is 27.7 Å². The molecular formula is C18H26N2O2. The highest BCUT2D eigenvalue weighted by Gasteiger charge is 2.26. The minimum atomic E-state index is -0.0577. The molecule has 120 valence electrons. The van der Waals surface area contributed by atoms with E-state index in [0.29, 0.717) is 17.4 Å². The highest BCUT2D eigenvalue weighted by Crippen LogP contribution is 2.23. The number of carbonyl (C=O) groups is 2. The molecule has 1 heterocycles. The Morgan fingerprint density at radius 2 is 1.64 bits per heavy atom. The van der Waals surface area contributed by atoms with Gasteiger partial charge in [-0.15, -0.1) is 0 Å². The van der Waals surface area contributed by atoms with E-state index < -0.39 is 0 Å². The van der Waals surface area contributed by atoms with Crippen LogP contribution in [0.2, 0.25) is 0 Å². The second-order valence-corrected chi connectivity index (χ2v) is 6.88. The summed E-state index contributed by atoms with van der Waals surface area (Å²) in [6, 6.07) is 7.18. The Labute approximate surface area is 132 Å². The van der Waals surface area contributed by atoms with E-state index in [4.69, 9.17) is 0 Å². The Morgan fingerprint density at radius 3 is 2.14 bits per heavy atom. The number of benzene rings is 1. The molecule has 1 fully saturated rings. The van der Waals surface area contributed by atoms with Gasteiger partial charge in [-0.3, -0.25) is 9.59 Å². The van der Waals surface area contributed by atoms with Gasteiger partial charge >= 0.3 is 0 Å². The number of hydrogen-bond donors (Lipinski definition) is 1. The molecule has 22 heavy (non-hydrogen) atoms. The van der Waals surface area contributed by atoms with E-state index in [2.05, 4.69) is 19.2 Å². The van der Waals surface area contributed by atoms with Gasteiger partial charge in [-0.05, 0) is 42.5 Å². The van der Waals surface area contributed by atoms with Gasteiger partial charge in [0.05, 0.1) is 0 Å². The smallest absolute Gasteiger partial charge is 0.253 e. The molecule has 1 aromatic carbocycles. The zero-order valence-corrected chi connectivity index (χ0v) is 13.9. The highest BCUT2D eigenvalue weighted by atomic mass is 16.2. The molecular weight excluding hydrogens is 276 g/mol. The first-order chi connectivity index (χ1) is 10.4. The largest absolute Gasteiger partial charge is 0.338 e. The molecule has 0 radical (unpaired) electrons. The molecule has 1 aromatic rings. The fraction of sp³-hybridized carbons (Fsp3) is 0.556. The van der Waals surface area contributed by atoms with E-state index in [-0.39, 0.29) is 17.7 Å². The van der Waals surface area contributed by atoms with Crippen molar-refractivity contribution >= 4 is 17.5 Å². The summed E-state index contributed by atoms with van der Waals surface area (Å²) in [6.07, 6.45) is 1.18. The zero-order valence-electron chi connectivity index (χ0n) is 13.9. The number of anilines is 1. The van der Waals surface area contributed by atoms with Crippen molar-refractivity contribution in [3.05, 3.63) is 29.8 Å². The van der Waals surface area contributed by atoms with Crippen LogP contribution < -0.4 is 5.32 Å². The fourth-order valence-electron chi connectivity index (χ4n) is 2.99. The molecule has 2 atom stereocenters. The first-order valence-corrected chi connectivity index (χ1v) is 8.07. The maximum absolute atomic E-state index is 12.6. The summed E-state index contributed by atoms with van der Waals surface area (Å²) in [6.45, 7) is 9.75. The van der Waals surface area contributed by atoms with Gasteiger partial charge in [0.25, 0.3) is 5.91 Å². The molecule has 1 aliphatic heterocycles. The number of likely N-dealkylation sites (tertiary alicyclic amines) is 1. The summed E-state index contributed by atoms with van der Waals surface area (Å²) in [5.41, 5.74) is 1.42. The van der Waals surface area contributed by atoms with Crippen LogP contribution >= 0.6 is 0 Å².